The Balaban J connectivity index is 1.95. The molecule has 1 aliphatic heterocycles. The lowest BCUT2D eigenvalue weighted by Gasteiger charge is -2.38. The average molecular weight is 332 g/mol. The molecule has 1 aromatic carbocycles. The van der Waals surface area contributed by atoms with E-state index in [0.717, 1.165) is 33.6 Å². The number of aromatic nitrogens is 1. The number of esters is 1. The van der Waals surface area contributed by atoms with Gasteiger partial charge in [-0.15, -0.1) is 11.3 Å². The molecule has 122 valence electrons. The second kappa shape index (κ2) is 6.28. The molecule has 2 aromatic rings. The Morgan fingerprint density at radius 2 is 2.13 bits per heavy atom. The highest BCUT2D eigenvalue weighted by Crippen LogP contribution is 2.35. The van der Waals surface area contributed by atoms with Crippen LogP contribution in [-0.2, 0) is 14.3 Å². The van der Waals surface area contributed by atoms with Crippen molar-refractivity contribution in [3.8, 4) is 0 Å². The lowest BCUT2D eigenvalue weighted by Crippen LogP contribution is -2.45. The van der Waals surface area contributed by atoms with E-state index in [9.17, 15) is 9.59 Å². The van der Waals surface area contributed by atoms with Crippen molar-refractivity contribution in [3.05, 3.63) is 28.8 Å². The summed E-state index contributed by atoms with van der Waals surface area (Å²) in [7, 11) is 1.24. The molecule has 2 atom stereocenters. The Morgan fingerprint density at radius 3 is 2.87 bits per heavy atom. The molecule has 1 fully saturated rings. The zero-order chi connectivity index (χ0) is 16.6. The minimum atomic E-state index is -0.797. The van der Waals surface area contributed by atoms with Crippen LogP contribution in [0.25, 0.3) is 10.2 Å². The molecular weight excluding hydrogens is 312 g/mol. The number of fused-ring (bicyclic) bond motifs is 1. The summed E-state index contributed by atoms with van der Waals surface area (Å²) in [5.41, 5.74) is 1.99. The maximum absolute atomic E-state index is 12.4. The number of carbonyl (C=O) groups is 2. The number of piperidine rings is 1. The summed E-state index contributed by atoms with van der Waals surface area (Å²) in [6, 6.07) is 6.04. The standard InChI is InChI=1S/C17H20N2O3S/c1-10-4-6-14(19(9-10)16(20)17(21)22-3)12-5-7-15-13(8-12)18-11(2)23-15/h5,7-8,10,14H,4,6,9H2,1-3H3. The number of nitrogens with zero attached hydrogens (tertiary/aromatic N) is 2. The third kappa shape index (κ3) is 3.08. The molecule has 0 spiro atoms. The first-order valence-electron chi connectivity index (χ1n) is 7.75. The van der Waals surface area contributed by atoms with E-state index in [0.29, 0.717) is 12.5 Å². The monoisotopic (exact) mass is 332 g/mol. The molecule has 6 heteroatoms. The van der Waals surface area contributed by atoms with Gasteiger partial charge in [0.25, 0.3) is 0 Å². The average Bonchev–Trinajstić information content (AvgIpc) is 2.92. The van der Waals surface area contributed by atoms with Crippen LogP contribution in [0.15, 0.2) is 18.2 Å². The number of hydrogen-bond acceptors (Lipinski definition) is 5. The molecule has 1 aliphatic rings. The van der Waals surface area contributed by atoms with Crippen LogP contribution in [0.4, 0.5) is 0 Å². The van der Waals surface area contributed by atoms with Gasteiger partial charge >= 0.3 is 11.9 Å². The smallest absolute Gasteiger partial charge is 0.396 e. The number of ether oxygens (including phenoxy) is 1. The zero-order valence-corrected chi connectivity index (χ0v) is 14.4. The molecule has 0 radical (unpaired) electrons. The molecule has 2 heterocycles. The molecule has 1 saturated heterocycles. The Hall–Kier alpha value is -1.95. The van der Waals surface area contributed by atoms with Gasteiger partial charge in [0, 0.05) is 6.54 Å². The van der Waals surface area contributed by atoms with Crippen molar-refractivity contribution in [2.45, 2.75) is 32.7 Å². The summed E-state index contributed by atoms with van der Waals surface area (Å²) in [5, 5.41) is 1.02. The van der Waals surface area contributed by atoms with Crippen molar-refractivity contribution in [3.63, 3.8) is 0 Å². The highest BCUT2D eigenvalue weighted by Gasteiger charge is 2.34. The van der Waals surface area contributed by atoms with Gasteiger partial charge in [-0.3, -0.25) is 4.79 Å². The summed E-state index contributed by atoms with van der Waals surface area (Å²) in [6.07, 6.45) is 1.88. The summed E-state index contributed by atoms with van der Waals surface area (Å²) in [5.74, 6) is -0.974. The molecule has 5 nitrogen and oxygen atoms in total. The van der Waals surface area contributed by atoms with Crippen molar-refractivity contribution in [1.82, 2.24) is 9.88 Å². The van der Waals surface area contributed by atoms with Crippen LogP contribution in [0.3, 0.4) is 0 Å². The maximum atomic E-state index is 12.4. The second-order valence-electron chi connectivity index (χ2n) is 6.11. The number of carbonyl (C=O) groups excluding carboxylic acids is 2. The van der Waals surface area contributed by atoms with E-state index in [1.165, 1.54) is 7.11 Å². The van der Waals surface area contributed by atoms with Crippen molar-refractivity contribution in [1.29, 1.82) is 0 Å². The predicted octanol–water partition coefficient (Wildman–Crippen LogP) is 3.08. The normalized spacial score (nSPS) is 21.4. The fourth-order valence-corrected chi connectivity index (χ4v) is 4.00. The second-order valence-corrected chi connectivity index (χ2v) is 7.34. The number of methoxy groups -OCH3 is 1. The molecular formula is C17H20N2O3S. The summed E-state index contributed by atoms with van der Waals surface area (Å²) < 4.78 is 5.76. The minimum Gasteiger partial charge on any atom is -0.462 e. The Bertz CT molecular complexity index is 755. The number of likely N-dealkylation sites (tertiary alicyclic amines) is 1. The highest BCUT2D eigenvalue weighted by molar-refractivity contribution is 7.18. The molecule has 0 bridgehead atoms. The number of aryl methyl sites for hydroxylation is 1. The van der Waals surface area contributed by atoms with E-state index in [1.54, 1.807) is 16.2 Å². The van der Waals surface area contributed by atoms with Gasteiger partial charge in [0.15, 0.2) is 0 Å². The highest BCUT2D eigenvalue weighted by atomic mass is 32.1. The Kier molecular flexibility index (Phi) is 4.35. The fourth-order valence-electron chi connectivity index (χ4n) is 3.20. The third-order valence-electron chi connectivity index (χ3n) is 4.34. The SMILES string of the molecule is COC(=O)C(=O)N1CC(C)CCC1c1ccc2sc(C)nc2c1. The molecule has 0 N–H and O–H groups in total. The van der Waals surface area contributed by atoms with Crippen LogP contribution in [0, 0.1) is 12.8 Å². The first-order chi connectivity index (χ1) is 11.0. The van der Waals surface area contributed by atoms with E-state index in [2.05, 4.69) is 16.6 Å². The van der Waals surface area contributed by atoms with Gasteiger partial charge in [0.2, 0.25) is 0 Å². The largest absolute Gasteiger partial charge is 0.462 e. The van der Waals surface area contributed by atoms with E-state index < -0.39 is 11.9 Å². The van der Waals surface area contributed by atoms with Crippen LogP contribution >= 0.6 is 11.3 Å². The summed E-state index contributed by atoms with van der Waals surface area (Å²) in [4.78, 5) is 30.2. The van der Waals surface area contributed by atoms with Gasteiger partial charge in [-0.1, -0.05) is 13.0 Å². The van der Waals surface area contributed by atoms with E-state index in [-0.39, 0.29) is 6.04 Å². The van der Waals surface area contributed by atoms with E-state index >= 15 is 0 Å². The van der Waals surface area contributed by atoms with Gasteiger partial charge in [-0.2, -0.15) is 0 Å². The quantitative estimate of drug-likeness (QED) is 0.595. The van der Waals surface area contributed by atoms with E-state index in [1.807, 2.05) is 25.1 Å². The van der Waals surface area contributed by atoms with Gasteiger partial charge < -0.3 is 9.64 Å². The van der Waals surface area contributed by atoms with Crippen LogP contribution < -0.4 is 0 Å². The van der Waals surface area contributed by atoms with Crippen LogP contribution in [0.5, 0.6) is 0 Å². The fraction of sp³-hybridized carbons (Fsp3) is 0.471. The van der Waals surface area contributed by atoms with Gasteiger partial charge in [-0.05, 0) is 43.4 Å². The number of amides is 1. The van der Waals surface area contributed by atoms with Gasteiger partial charge in [0.05, 0.1) is 28.4 Å². The third-order valence-corrected chi connectivity index (χ3v) is 5.29. The van der Waals surface area contributed by atoms with Crippen molar-refractivity contribution in [2.24, 2.45) is 5.92 Å². The van der Waals surface area contributed by atoms with Crippen LogP contribution in [0.2, 0.25) is 0 Å². The number of hydrogen-bond donors (Lipinski definition) is 0. The predicted molar refractivity (Wildman–Crippen MR) is 89.2 cm³/mol. The summed E-state index contributed by atoms with van der Waals surface area (Å²) in [6.45, 7) is 4.66. The first-order valence-corrected chi connectivity index (χ1v) is 8.57. The summed E-state index contributed by atoms with van der Waals surface area (Å²) >= 11 is 1.66. The van der Waals surface area contributed by atoms with Crippen molar-refractivity contribution < 1.29 is 14.3 Å². The first kappa shape index (κ1) is 15.9. The molecule has 1 amide bonds. The van der Waals surface area contributed by atoms with E-state index in [4.69, 9.17) is 0 Å². The lowest BCUT2D eigenvalue weighted by molar-refractivity contribution is -0.160. The topological polar surface area (TPSA) is 59.5 Å². The minimum absolute atomic E-state index is 0.0933. The van der Waals surface area contributed by atoms with Crippen molar-refractivity contribution >= 4 is 33.4 Å². The number of rotatable bonds is 1. The zero-order valence-electron chi connectivity index (χ0n) is 13.5. The van der Waals surface area contributed by atoms with Crippen molar-refractivity contribution in [2.75, 3.05) is 13.7 Å². The molecule has 3 rings (SSSR count). The Labute approximate surface area is 139 Å². The van der Waals surface area contributed by atoms with Gasteiger partial charge in [-0.25, -0.2) is 9.78 Å². The van der Waals surface area contributed by atoms with Crippen LogP contribution in [0.1, 0.15) is 36.4 Å². The maximum Gasteiger partial charge on any atom is 0.396 e. The van der Waals surface area contributed by atoms with Gasteiger partial charge in [0.1, 0.15) is 0 Å². The number of thiazole rings is 1. The molecule has 2 unspecified atom stereocenters. The molecule has 0 aliphatic carbocycles. The molecule has 23 heavy (non-hydrogen) atoms. The lowest BCUT2D eigenvalue weighted by atomic mass is 9.89. The number of benzene rings is 1. The molecule has 0 saturated carbocycles. The Morgan fingerprint density at radius 1 is 1.35 bits per heavy atom. The van der Waals surface area contributed by atoms with Crippen LogP contribution in [-0.4, -0.2) is 35.4 Å². The molecule has 1 aromatic heterocycles.